The Hall–Kier alpha value is -5.48. The minimum atomic E-state index is 0.105. The zero-order chi connectivity index (χ0) is 33.4. The molecule has 0 saturated carbocycles. The number of rotatable bonds is 7. The first-order chi connectivity index (χ1) is 23.3. The zero-order valence-electron chi connectivity index (χ0n) is 28.6. The summed E-state index contributed by atoms with van der Waals surface area (Å²) >= 11 is 0. The van der Waals surface area contributed by atoms with Crippen molar-refractivity contribution in [2.75, 3.05) is 4.90 Å². The molecule has 0 unspecified atom stereocenters. The Morgan fingerprint density at radius 3 is 1.73 bits per heavy atom. The lowest BCUT2D eigenvalue weighted by Crippen LogP contribution is -2.55. The number of benzene rings is 6. The van der Waals surface area contributed by atoms with Crippen LogP contribution in [-0.4, -0.2) is 16.7 Å². The SMILES string of the molecule is Cc1cc(C)c(B(c2ccc(N(c3ccncn3)c3ccc4ccccc4c3-c3ccccc3)cc2)c2c(C)cc(C)cc2C)c(C)c1. The van der Waals surface area contributed by atoms with Crippen molar-refractivity contribution >= 4 is 51.1 Å². The van der Waals surface area contributed by atoms with Crippen molar-refractivity contribution in [2.45, 2.75) is 41.5 Å². The molecule has 0 atom stereocenters. The van der Waals surface area contributed by atoms with E-state index in [-0.39, 0.29) is 6.71 Å². The van der Waals surface area contributed by atoms with E-state index in [1.54, 1.807) is 6.33 Å². The molecule has 234 valence electrons. The summed E-state index contributed by atoms with van der Waals surface area (Å²) in [5.41, 5.74) is 16.4. The molecule has 0 amide bonds. The fraction of sp³-hybridized carbons (Fsp3) is 0.136. The summed E-state index contributed by atoms with van der Waals surface area (Å²) < 4.78 is 0. The second-order valence-electron chi connectivity index (χ2n) is 13.1. The molecule has 0 N–H and O–H groups in total. The molecule has 4 heteroatoms. The minimum absolute atomic E-state index is 0.105. The maximum absolute atomic E-state index is 4.78. The highest BCUT2D eigenvalue weighted by atomic mass is 15.2. The van der Waals surface area contributed by atoms with Gasteiger partial charge in [-0.25, -0.2) is 9.97 Å². The number of aromatic nitrogens is 2. The second-order valence-corrected chi connectivity index (χ2v) is 13.1. The number of nitrogens with zero attached hydrogens (tertiary/aromatic N) is 3. The van der Waals surface area contributed by atoms with Gasteiger partial charge in [-0.2, -0.15) is 0 Å². The molecular weight excluding hydrogens is 581 g/mol. The molecule has 1 heterocycles. The van der Waals surface area contributed by atoms with E-state index in [1.807, 2.05) is 12.3 Å². The van der Waals surface area contributed by atoms with Crippen LogP contribution in [0.15, 0.2) is 134 Å². The Bertz CT molecular complexity index is 2140. The van der Waals surface area contributed by atoms with Crippen molar-refractivity contribution in [2.24, 2.45) is 0 Å². The molecule has 0 bridgehead atoms. The molecule has 0 radical (unpaired) electrons. The molecule has 3 nitrogen and oxygen atoms in total. The average molecular weight is 622 g/mol. The fourth-order valence-electron chi connectivity index (χ4n) is 7.75. The Balaban J connectivity index is 1.44. The van der Waals surface area contributed by atoms with Gasteiger partial charge in [-0.05, 0) is 82.1 Å². The second kappa shape index (κ2) is 13.0. The van der Waals surface area contributed by atoms with Gasteiger partial charge in [0.1, 0.15) is 12.1 Å². The summed E-state index contributed by atoms with van der Waals surface area (Å²) in [5.74, 6) is 0.817. The largest absolute Gasteiger partial charge is 0.294 e. The van der Waals surface area contributed by atoms with Gasteiger partial charge in [0.15, 0.2) is 0 Å². The van der Waals surface area contributed by atoms with Crippen molar-refractivity contribution in [3.8, 4) is 11.1 Å². The van der Waals surface area contributed by atoms with Crippen LogP contribution in [0.5, 0.6) is 0 Å². The van der Waals surface area contributed by atoms with Crippen molar-refractivity contribution in [1.82, 2.24) is 9.97 Å². The number of anilines is 3. The van der Waals surface area contributed by atoms with E-state index in [9.17, 15) is 0 Å². The van der Waals surface area contributed by atoms with Crippen LogP contribution in [0.2, 0.25) is 0 Å². The van der Waals surface area contributed by atoms with E-state index in [0.717, 1.165) is 22.8 Å². The van der Waals surface area contributed by atoms with E-state index in [0.29, 0.717) is 0 Å². The molecular formula is C44H40BN3. The standard InChI is InChI=1S/C44H40BN3/c1-29-24-31(3)43(32(4)25-29)45(44-33(5)26-30(2)27-34(44)6)37-17-19-38(20-18-37)48(41-22-23-46-28-47-41)40-21-16-35-12-10-11-15-39(35)42(40)36-13-8-7-9-14-36/h7-28H,1-6H3. The van der Waals surface area contributed by atoms with Gasteiger partial charge in [0, 0.05) is 17.4 Å². The third kappa shape index (κ3) is 5.79. The highest BCUT2D eigenvalue weighted by Crippen LogP contribution is 2.43. The van der Waals surface area contributed by atoms with Crippen LogP contribution in [0.4, 0.5) is 17.2 Å². The molecule has 0 aliphatic carbocycles. The topological polar surface area (TPSA) is 29.0 Å². The van der Waals surface area contributed by atoms with Crippen molar-refractivity contribution in [1.29, 1.82) is 0 Å². The fourth-order valence-corrected chi connectivity index (χ4v) is 7.75. The number of fused-ring (bicyclic) bond motifs is 1. The van der Waals surface area contributed by atoms with E-state index >= 15 is 0 Å². The lowest BCUT2D eigenvalue weighted by atomic mass is 9.34. The molecule has 0 saturated heterocycles. The lowest BCUT2D eigenvalue weighted by molar-refractivity contribution is 1.11. The maximum Gasteiger partial charge on any atom is 0.242 e. The van der Waals surface area contributed by atoms with Crippen molar-refractivity contribution in [3.05, 3.63) is 167 Å². The van der Waals surface area contributed by atoms with Gasteiger partial charge in [0.05, 0.1) is 5.69 Å². The molecule has 48 heavy (non-hydrogen) atoms. The molecule has 0 aliphatic heterocycles. The summed E-state index contributed by atoms with van der Waals surface area (Å²) in [6.45, 7) is 13.5. The average Bonchev–Trinajstić information content (AvgIpc) is 3.08. The predicted molar refractivity (Wildman–Crippen MR) is 206 cm³/mol. The smallest absolute Gasteiger partial charge is 0.242 e. The van der Waals surface area contributed by atoms with Crippen molar-refractivity contribution < 1.29 is 0 Å². The quantitative estimate of drug-likeness (QED) is 0.166. The highest BCUT2D eigenvalue weighted by molar-refractivity contribution is 6.96. The van der Waals surface area contributed by atoms with Crippen LogP contribution in [0, 0.1) is 41.5 Å². The first kappa shape index (κ1) is 31.1. The Morgan fingerprint density at radius 1 is 0.562 bits per heavy atom. The van der Waals surface area contributed by atoms with Gasteiger partial charge in [-0.3, -0.25) is 4.90 Å². The van der Waals surface area contributed by atoms with Crippen LogP contribution in [0.3, 0.4) is 0 Å². The first-order valence-corrected chi connectivity index (χ1v) is 16.7. The minimum Gasteiger partial charge on any atom is -0.294 e. The van der Waals surface area contributed by atoms with E-state index < -0.39 is 0 Å². The molecule has 7 rings (SSSR count). The van der Waals surface area contributed by atoms with E-state index in [2.05, 4.69) is 167 Å². The zero-order valence-corrected chi connectivity index (χ0v) is 28.6. The summed E-state index contributed by atoms with van der Waals surface area (Å²) in [6.07, 6.45) is 3.44. The molecule has 0 spiro atoms. The third-order valence-electron chi connectivity index (χ3n) is 9.54. The third-order valence-corrected chi connectivity index (χ3v) is 9.54. The predicted octanol–water partition coefficient (Wildman–Crippen LogP) is 9.13. The summed E-state index contributed by atoms with van der Waals surface area (Å²) in [5, 5.41) is 2.40. The Labute approximate surface area is 285 Å². The monoisotopic (exact) mass is 621 g/mol. The van der Waals surface area contributed by atoms with Gasteiger partial charge in [0.2, 0.25) is 6.71 Å². The van der Waals surface area contributed by atoms with Crippen LogP contribution in [0.1, 0.15) is 33.4 Å². The first-order valence-electron chi connectivity index (χ1n) is 16.7. The van der Waals surface area contributed by atoms with Gasteiger partial charge in [-0.1, -0.05) is 147 Å². The lowest BCUT2D eigenvalue weighted by Gasteiger charge is -2.28. The van der Waals surface area contributed by atoms with Crippen LogP contribution in [0.25, 0.3) is 21.9 Å². The Morgan fingerprint density at radius 2 is 1.15 bits per heavy atom. The van der Waals surface area contributed by atoms with Gasteiger partial charge in [0.25, 0.3) is 0 Å². The molecule has 0 aliphatic rings. The Kier molecular flexibility index (Phi) is 8.41. The number of aryl methyl sites for hydroxylation is 6. The summed E-state index contributed by atoms with van der Waals surface area (Å²) in [4.78, 5) is 11.3. The van der Waals surface area contributed by atoms with E-state index in [4.69, 9.17) is 4.98 Å². The normalized spacial score (nSPS) is 11.1. The van der Waals surface area contributed by atoms with Crippen LogP contribution >= 0.6 is 0 Å². The number of hydrogen-bond acceptors (Lipinski definition) is 3. The molecule has 1 aromatic heterocycles. The van der Waals surface area contributed by atoms with E-state index in [1.165, 1.54) is 66.1 Å². The van der Waals surface area contributed by atoms with Gasteiger partial charge in [-0.15, -0.1) is 0 Å². The number of hydrogen-bond donors (Lipinski definition) is 0. The maximum atomic E-state index is 4.78. The van der Waals surface area contributed by atoms with Gasteiger partial charge < -0.3 is 0 Å². The summed E-state index contributed by atoms with van der Waals surface area (Å²) in [6, 6.07) is 44.1. The molecule has 0 fully saturated rings. The summed E-state index contributed by atoms with van der Waals surface area (Å²) in [7, 11) is 0. The van der Waals surface area contributed by atoms with Crippen LogP contribution < -0.4 is 21.3 Å². The molecule has 6 aromatic carbocycles. The highest BCUT2D eigenvalue weighted by Gasteiger charge is 2.29. The van der Waals surface area contributed by atoms with Crippen molar-refractivity contribution in [3.63, 3.8) is 0 Å². The van der Waals surface area contributed by atoms with Crippen LogP contribution in [-0.2, 0) is 0 Å². The van der Waals surface area contributed by atoms with Gasteiger partial charge >= 0.3 is 0 Å². The molecule has 7 aromatic rings.